The zero-order valence-corrected chi connectivity index (χ0v) is 11.1. The number of carbonyl (C=O) groups excluding carboxylic acids is 1. The first kappa shape index (κ1) is 13.8. The number of likely N-dealkylation sites (tertiary alicyclic amines) is 1. The molecule has 1 amide bonds. The Labute approximate surface area is 109 Å². The average Bonchev–Trinajstić information content (AvgIpc) is 2.87. The summed E-state index contributed by atoms with van der Waals surface area (Å²) in [5, 5.41) is 0. The van der Waals surface area contributed by atoms with Gasteiger partial charge in [0, 0.05) is 26.7 Å². The summed E-state index contributed by atoms with van der Waals surface area (Å²) in [4.78, 5) is 14.3. The highest BCUT2D eigenvalue weighted by Gasteiger charge is 2.34. The lowest BCUT2D eigenvalue weighted by atomic mass is 9.98. The highest BCUT2D eigenvalue weighted by molar-refractivity contribution is 5.81. The molecule has 5 heteroatoms. The Kier molecular flexibility index (Phi) is 4.97. The van der Waals surface area contributed by atoms with E-state index < -0.39 is 0 Å². The molecule has 0 aliphatic carbocycles. The summed E-state index contributed by atoms with van der Waals surface area (Å²) in [7, 11) is 1.71. The third-order valence-corrected chi connectivity index (χ3v) is 3.88. The van der Waals surface area contributed by atoms with Gasteiger partial charge in [-0.25, -0.2) is 0 Å². The SMILES string of the molecule is COCC1CCCN(C(=O)C2CCC(CN)O2)C1. The third-order valence-electron chi connectivity index (χ3n) is 3.88. The maximum atomic E-state index is 12.3. The van der Waals surface area contributed by atoms with E-state index in [1.807, 2.05) is 4.90 Å². The normalized spacial score (nSPS) is 32.8. The van der Waals surface area contributed by atoms with Crippen molar-refractivity contribution < 1.29 is 14.3 Å². The lowest BCUT2D eigenvalue weighted by Gasteiger charge is -2.33. The van der Waals surface area contributed by atoms with Gasteiger partial charge in [-0.1, -0.05) is 0 Å². The Balaban J connectivity index is 1.85. The summed E-state index contributed by atoms with van der Waals surface area (Å²) >= 11 is 0. The largest absolute Gasteiger partial charge is 0.384 e. The Hall–Kier alpha value is -0.650. The number of hydrogen-bond donors (Lipinski definition) is 1. The van der Waals surface area contributed by atoms with Crippen LogP contribution < -0.4 is 5.73 Å². The Morgan fingerprint density at radius 3 is 2.94 bits per heavy atom. The number of nitrogens with zero attached hydrogens (tertiary/aromatic N) is 1. The smallest absolute Gasteiger partial charge is 0.251 e. The minimum absolute atomic E-state index is 0.0681. The Morgan fingerprint density at radius 1 is 1.44 bits per heavy atom. The predicted molar refractivity (Wildman–Crippen MR) is 68.1 cm³/mol. The van der Waals surface area contributed by atoms with Crippen LogP contribution in [-0.4, -0.2) is 56.4 Å². The molecule has 0 spiro atoms. The molecule has 2 N–H and O–H groups in total. The van der Waals surface area contributed by atoms with E-state index in [2.05, 4.69) is 0 Å². The van der Waals surface area contributed by atoms with Gasteiger partial charge in [-0.05, 0) is 31.6 Å². The van der Waals surface area contributed by atoms with Crippen LogP contribution >= 0.6 is 0 Å². The molecule has 18 heavy (non-hydrogen) atoms. The zero-order valence-electron chi connectivity index (χ0n) is 11.1. The molecule has 0 aromatic rings. The van der Waals surface area contributed by atoms with Gasteiger partial charge in [-0.2, -0.15) is 0 Å². The molecule has 2 aliphatic heterocycles. The second kappa shape index (κ2) is 6.50. The number of hydrogen-bond acceptors (Lipinski definition) is 4. The molecule has 2 heterocycles. The van der Waals surface area contributed by atoms with Crippen LogP contribution in [0.25, 0.3) is 0 Å². The quantitative estimate of drug-likeness (QED) is 0.789. The molecule has 2 fully saturated rings. The number of nitrogens with two attached hydrogens (primary N) is 1. The maximum Gasteiger partial charge on any atom is 0.251 e. The molecule has 0 bridgehead atoms. The predicted octanol–water partition coefficient (Wildman–Crippen LogP) is 0.378. The number of methoxy groups -OCH3 is 1. The van der Waals surface area contributed by atoms with Crippen molar-refractivity contribution in [1.82, 2.24) is 4.90 Å². The van der Waals surface area contributed by atoms with Gasteiger partial charge in [0.15, 0.2) is 0 Å². The number of piperidine rings is 1. The van der Waals surface area contributed by atoms with Crippen LogP contribution in [0, 0.1) is 5.92 Å². The van der Waals surface area contributed by atoms with Crippen LogP contribution in [0.2, 0.25) is 0 Å². The van der Waals surface area contributed by atoms with Gasteiger partial charge in [0.2, 0.25) is 0 Å². The van der Waals surface area contributed by atoms with Gasteiger partial charge in [0.05, 0.1) is 12.7 Å². The molecule has 0 aromatic heterocycles. The van der Waals surface area contributed by atoms with Crippen LogP contribution in [0.4, 0.5) is 0 Å². The van der Waals surface area contributed by atoms with Crippen molar-refractivity contribution in [2.45, 2.75) is 37.9 Å². The van der Waals surface area contributed by atoms with E-state index in [9.17, 15) is 4.79 Å². The number of amides is 1. The van der Waals surface area contributed by atoms with Gasteiger partial charge in [-0.3, -0.25) is 4.79 Å². The number of ether oxygens (including phenoxy) is 2. The van der Waals surface area contributed by atoms with E-state index in [-0.39, 0.29) is 18.1 Å². The lowest BCUT2D eigenvalue weighted by Crippen LogP contribution is -2.46. The van der Waals surface area contributed by atoms with Gasteiger partial charge in [0.1, 0.15) is 6.10 Å². The lowest BCUT2D eigenvalue weighted by molar-refractivity contribution is -0.145. The highest BCUT2D eigenvalue weighted by atomic mass is 16.5. The van der Waals surface area contributed by atoms with E-state index >= 15 is 0 Å². The molecular formula is C13H24N2O3. The first-order chi connectivity index (χ1) is 8.74. The van der Waals surface area contributed by atoms with Crippen molar-refractivity contribution in [1.29, 1.82) is 0 Å². The molecule has 0 aromatic carbocycles. The van der Waals surface area contributed by atoms with Crippen molar-refractivity contribution in [3.63, 3.8) is 0 Å². The molecule has 2 aliphatic rings. The van der Waals surface area contributed by atoms with Crippen molar-refractivity contribution in [2.75, 3.05) is 33.4 Å². The second-order valence-corrected chi connectivity index (χ2v) is 5.31. The molecule has 104 valence electrons. The molecule has 0 radical (unpaired) electrons. The van der Waals surface area contributed by atoms with Gasteiger partial charge in [0.25, 0.3) is 5.91 Å². The summed E-state index contributed by atoms with van der Waals surface area (Å²) in [6.07, 6.45) is 3.73. The van der Waals surface area contributed by atoms with Crippen molar-refractivity contribution >= 4 is 5.91 Å². The van der Waals surface area contributed by atoms with Crippen LogP contribution in [0.5, 0.6) is 0 Å². The summed E-state index contributed by atoms with van der Waals surface area (Å²) in [6, 6.07) is 0. The fraction of sp³-hybridized carbons (Fsp3) is 0.923. The summed E-state index contributed by atoms with van der Waals surface area (Å²) < 4.78 is 10.9. The molecule has 3 unspecified atom stereocenters. The first-order valence-corrected chi connectivity index (χ1v) is 6.87. The summed E-state index contributed by atoms with van der Waals surface area (Å²) in [5.74, 6) is 0.617. The number of carbonyl (C=O) groups is 1. The topological polar surface area (TPSA) is 64.8 Å². The fourth-order valence-corrected chi connectivity index (χ4v) is 2.90. The summed E-state index contributed by atoms with van der Waals surface area (Å²) in [5.41, 5.74) is 5.57. The second-order valence-electron chi connectivity index (χ2n) is 5.31. The third kappa shape index (κ3) is 3.22. The van der Waals surface area contributed by atoms with Crippen LogP contribution in [0.1, 0.15) is 25.7 Å². The van der Waals surface area contributed by atoms with Crippen molar-refractivity contribution in [3.8, 4) is 0 Å². The number of rotatable bonds is 4. The van der Waals surface area contributed by atoms with Crippen LogP contribution in [0.3, 0.4) is 0 Å². The van der Waals surface area contributed by atoms with Gasteiger partial charge in [-0.15, -0.1) is 0 Å². The van der Waals surface area contributed by atoms with Gasteiger partial charge < -0.3 is 20.1 Å². The minimum atomic E-state index is -0.264. The Morgan fingerprint density at radius 2 is 2.28 bits per heavy atom. The zero-order chi connectivity index (χ0) is 13.0. The van der Waals surface area contributed by atoms with E-state index in [4.69, 9.17) is 15.2 Å². The monoisotopic (exact) mass is 256 g/mol. The van der Waals surface area contributed by atoms with E-state index in [1.54, 1.807) is 7.11 Å². The first-order valence-electron chi connectivity index (χ1n) is 6.87. The van der Waals surface area contributed by atoms with Crippen molar-refractivity contribution in [3.05, 3.63) is 0 Å². The molecule has 3 atom stereocenters. The molecule has 5 nitrogen and oxygen atoms in total. The standard InChI is InChI=1S/C13H24N2O3/c1-17-9-10-3-2-6-15(8-10)13(16)12-5-4-11(7-14)18-12/h10-12H,2-9,14H2,1H3. The summed E-state index contributed by atoms with van der Waals surface area (Å²) in [6.45, 7) is 2.91. The fourth-order valence-electron chi connectivity index (χ4n) is 2.90. The van der Waals surface area contributed by atoms with Crippen LogP contribution in [0.15, 0.2) is 0 Å². The van der Waals surface area contributed by atoms with E-state index in [0.29, 0.717) is 12.5 Å². The molecule has 0 saturated carbocycles. The van der Waals surface area contributed by atoms with E-state index in [0.717, 1.165) is 45.4 Å². The van der Waals surface area contributed by atoms with E-state index in [1.165, 1.54) is 0 Å². The molecular weight excluding hydrogens is 232 g/mol. The highest BCUT2D eigenvalue weighted by Crippen LogP contribution is 2.24. The maximum absolute atomic E-state index is 12.3. The minimum Gasteiger partial charge on any atom is -0.384 e. The van der Waals surface area contributed by atoms with Crippen molar-refractivity contribution in [2.24, 2.45) is 11.7 Å². The van der Waals surface area contributed by atoms with Gasteiger partial charge >= 0.3 is 0 Å². The average molecular weight is 256 g/mol. The molecule has 2 saturated heterocycles. The Bertz CT molecular complexity index is 283. The molecule has 2 rings (SSSR count). The van der Waals surface area contributed by atoms with Crippen LogP contribution in [-0.2, 0) is 14.3 Å².